The highest BCUT2D eigenvalue weighted by molar-refractivity contribution is 7.98. The van der Waals surface area contributed by atoms with Gasteiger partial charge in [-0.25, -0.2) is 0 Å². The van der Waals surface area contributed by atoms with Crippen LogP contribution in [0.1, 0.15) is 15.9 Å². The molecule has 0 atom stereocenters. The van der Waals surface area contributed by atoms with E-state index in [9.17, 15) is 9.59 Å². The van der Waals surface area contributed by atoms with Crippen LogP contribution in [0.2, 0.25) is 0 Å². The van der Waals surface area contributed by atoms with Gasteiger partial charge in [0.1, 0.15) is 5.75 Å². The van der Waals surface area contributed by atoms with Gasteiger partial charge in [-0.1, -0.05) is 24.3 Å². The lowest BCUT2D eigenvalue weighted by Gasteiger charge is -2.18. The zero-order chi connectivity index (χ0) is 18.2. The van der Waals surface area contributed by atoms with E-state index in [0.29, 0.717) is 17.9 Å². The molecule has 2 rings (SSSR count). The summed E-state index contributed by atoms with van der Waals surface area (Å²) in [6, 6.07) is 15.0. The van der Waals surface area contributed by atoms with Crippen LogP contribution in [0.4, 0.5) is 0 Å². The number of benzene rings is 2. The second-order valence-electron chi connectivity index (χ2n) is 5.48. The number of hydrogen-bond donors (Lipinski definition) is 1. The number of likely N-dealkylation sites (N-methyl/N-ethyl adjacent to an activating group) is 1. The summed E-state index contributed by atoms with van der Waals surface area (Å²) in [5.74, 6) is -0.00426. The molecule has 0 aromatic heterocycles. The number of nitrogens with one attached hydrogen (secondary N) is 1. The summed E-state index contributed by atoms with van der Waals surface area (Å²) in [5.41, 5.74) is 1.46. The molecule has 132 valence electrons. The number of carbonyl (C=O) groups excluding carboxylic acids is 2. The van der Waals surface area contributed by atoms with Gasteiger partial charge in [0, 0.05) is 18.5 Å². The van der Waals surface area contributed by atoms with Gasteiger partial charge in [0.25, 0.3) is 5.91 Å². The van der Waals surface area contributed by atoms with E-state index in [1.54, 1.807) is 48.0 Å². The Morgan fingerprint density at radius 2 is 1.80 bits per heavy atom. The third kappa shape index (κ3) is 5.26. The van der Waals surface area contributed by atoms with E-state index < -0.39 is 0 Å². The van der Waals surface area contributed by atoms with Crippen LogP contribution in [0.3, 0.4) is 0 Å². The van der Waals surface area contributed by atoms with Gasteiger partial charge in [0.05, 0.1) is 19.2 Å². The first-order valence-electron chi connectivity index (χ1n) is 7.83. The molecule has 0 spiro atoms. The Kier molecular flexibility index (Phi) is 6.89. The topological polar surface area (TPSA) is 58.6 Å². The monoisotopic (exact) mass is 358 g/mol. The van der Waals surface area contributed by atoms with Crippen LogP contribution in [-0.4, -0.2) is 43.7 Å². The molecule has 1 N–H and O–H groups in total. The number of amides is 2. The molecule has 2 amide bonds. The predicted octanol–water partition coefficient (Wildman–Crippen LogP) is 2.81. The molecular formula is C19H22N2O3S. The van der Waals surface area contributed by atoms with Gasteiger partial charge in [-0.15, -0.1) is 11.8 Å². The van der Waals surface area contributed by atoms with E-state index in [-0.39, 0.29) is 18.4 Å². The summed E-state index contributed by atoms with van der Waals surface area (Å²) < 4.78 is 5.16. The molecule has 0 aliphatic heterocycles. The fourth-order valence-corrected chi connectivity index (χ4v) is 2.72. The van der Waals surface area contributed by atoms with E-state index >= 15 is 0 Å². The van der Waals surface area contributed by atoms with Crippen LogP contribution in [0.15, 0.2) is 53.4 Å². The van der Waals surface area contributed by atoms with Crippen molar-refractivity contribution in [3.8, 4) is 5.75 Å². The summed E-state index contributed by atoms with van der Waals surface area (Å²) in [7, 11) is 3.23. The third-order valence-electron chi connectivity index (χ3n) is 3.76. The largest absolute Gasteiger partial charge is 0.496 e. The molecule has 0 saturated carbocycles. The summed E-state index contributed by atoms with van der Waals surface area (Å²) in [5, 5.41) is 2.64. The van der Waals surface area contributed by atoms with Gasteiger partial charge in [-0.2, -0.15) is 0 Å². The highest BCUT2D eigenvalue weighted by Crippen LogP contribution is 2.17. The molecule has 2 aromatic rings. The van der Waals surface area contributed by atoms with E-state index in [4.69, 9.17) is 4.74 Å². The van der Waals surface area contributed by atoms with Gasteiger partial charge >= 0.3 is 0 Å². The maximum Gasteiger partial charge on any atom is 0.255 e. The van der Waals surface area contributed by atoms with Crippen molar-refractivity contribution in [3.63, 3.8) is 0 Å². The Morgan fingerprint density at radius 3 is 2.44 bits per heavy atom. The molecule has 0 aliphatic carbocycles. The van der Waals surface area contributed by atoms with Crippen LogP contribution in [-0.2, 0) is 11.3 Å². The smallest absolute Gasteiger partial charge is 0.255 e. The van der Waals surface area contributed by atoms with Crippen LogP contribution in [0.25, 0.3) is 0 Å². The van der Waals surface area contributed by atoms with Crippen LogP contribution in [0, 0.1) is 0 Å². The zero-order valence-corrected chi connectivity index (χ0v) is 15.4. The minimum absolute atomic E-state index is 0.0592. The molecule has 2 aromatic carbocycles. The van der Waals surface area contributed by atoms with Gasteiger partial charge < -0.3 is 15.0 Å². The normalized spacial score (nSPS) is 10.2. The summed E-state index contributed by atoms with van der Waals surface area (Å²) in [6.07, 6.45) is 2.02. The molecule has 5 nitrogen and oxygen atoms in total. The molecule has 0 bridgehead atoms. The highest BCUT2D eigenvalue weighted by Gasteiger charge is 2.14. The van der Waals surface area contributed by atoms with E-state index in [1.807, 2.05) is 30.5 Å². The first kappa shape index (κ1) is 18.9. The predicted molar refractivity (Wildman–Crippen MR) is 100 cm³/mol. The molecule has 0 aliphatic rings. The van der Waals surface area contributed by atoms with E-state index in [0.717, 1.165) is 5.56 Å². The number of thioether (sulfide) groups is 1. The van der Waals surface area contributed by atoms with Crippen molar-refractivity contribution in [2.75, 3.05) is 27.0 Å². The Labute approximate surface area is 152 Å². The molecule has 0 heterocycles. The number of ether oxygens (including phenoxy) is 1. The molecule has 0 fully saturated rings. The molecule has 0 unspecified atom stereocenters. The summed E-state index contributed by atoms with van der Waals surface area (Å²) in [6.45, 7) is 0.439. The fourth-order valence-electron chi connectivity index (χ4n) is 2.31. The lowest BCUT2D eigenvalue weighted by Crippen LogP contribution is -2.37. The summed E-state index contributed by atoms with van der Waals surface area (Å²) in [4.78, 5) is 27.2. The SMILES string of the molecule is COc1ccccc1C(=O)NCC(=O)N(C)Cc1ccc(SC)cc1. The lowest BCUT2D eigenvalue weighted by atomic mass is 10.2. The maximum absolute atomic E-state index is 12.2. The average Bonchev–Trinajstić information content (AvgIpc) is 2.66. The Bertz CT molecular complexity index is 732. The zero-order valence-electron chi connectivity index (χ0n) is 14.6. The number of carbonyl (C=O) groups is 2. The second kappa shape index (κ2) is 9.13. The molecule has 0 saturated heterocycles. The van der Waals surface area contributed by atoms with E-state index in [2.05, 4.69) is 5.32 Å². The highest BCUT2D eigenvalue weighted by atomic mass is 32.2. The number of para-hydroxylation sites is 1. The van der Waals surface area contributed by atoms with Crippen LogP contribution < -0.4 is 10.1 Å². The van der Waals surface area contributed by atoms with Crippen molar-refractivity contribution < 1.29 is 14.3 Å². The molecular weight excluding hydrogens is 336 g/mol. The Morgan fingerprint density at radius 1 is 1.12 bits per heavy atom. The fraction of sp³-hybridized carbons (Fsp3) is 0.263. The van der Waals surface area contributed by atoms with Gasteiger partial charge in [0.15, 0.2) is 0 Å². The second-order valence-corrected chi connectivity index (χ2v) is 6.36. The minimum Gasteiger partial charge on any atom is -0.496 e. The Balaban J connectivity index is 1.89. The molecule has 0 radical (unpaired) electrons. The van der Waals surface area contributed by atoms with Crippen molar-refractivity contribution in [1.29, 1.82) is 0 Å². The van der Waals surface area contributed by atoms with Gasteiger partial charge in [-0.3, -0.25) is 9.59 Å². The minimum atomic E-state index is -0.330. The van der Waals surface area contributed by atoms with Crippen LogP contribution in [0.5, 0.6) is 5.75 Å². The quantitative estimate of drug-likeness (QED) is 0.773. The van der Waals surface area contributed by atoms with Crippen molar-refractivity contribution >= 4 is 23.6 Å². The summed E-state index contributed by atoms with van der Waals surface area (Å²) >= 11 is 1.68. The first-order chi connectivity index (χ1) is 12.0. The third-order valence-corrected chi connectivity index (χ3v) is 4.50. The lowest BCUT2D eigenvalue weighted by molar-refractivity contribution is -0.129. The van der Waals surface area contributed by atoms with Crippen molar-refractivity contribution in [3.05, 3.63) is 59.7 Å². The van der Waals surface area contributed by atoms with Crippen molar-refractivity contribution in [2.45, 2.75) is 11.4 Å². The van der Waals surface area contributed by atoms with Gasteiger partial charge in [-0.05, 0) is 36.1 Å². The number of rotatable bonds is 7. The van der Waals surface area contributed by atoms with Crippen LogP contribution >= 0.6 is 11.8 Å². The molecule has 6 heteroatoms. The van der Waals surface area contributed by atoms with Crippen molar-refractivity contribution in [1.82, 2.24) is 10.2 Å². The maximum atomic E-state index is 12.2. The van der Waals surface area contributed by atoms with Crippen molar-refractivity contribution in [2.24, 2.45) is 0 Å². The standard InChI is InChI=1S/C19H22N2O3S/c1-21(13-14-8-10-15(25-3)11-9-14)18(22)12-20-19(23)16-6-4-5-7-17(16)24-2/h4-11H,12-13H2,1-3H3,(H,20,23). The van der Waals surface area contributed by atoms with Gasteiger partial charge in [0.2, 0.25) is 5.91 Å². The number of methoxy groups -OCH3 is 1. The number of nitrogens with zero attached hydrogens (tertiary/aromatic N) is 1. The van der Waals surface area contributed by atoms with E-state index in [1.165, 1.54) is 12.0 Å². The molecule has 25 heavy (non-hydrogen) atoms. The number of hydrogen-bond acceptors (Lipinski definition) is 4. The Hall–Kier alpha value is -2.47. The average molecular weight is 358 g/mol. The first-order valence-corrected chi connectivity index (χ1v) is 9.05.